The van der Waals surface area contributed by atoms with Crippen LogP contribution in [0.3, 0.4) is 0 Å². The molecule has 0 aliphatic rings. The molecule has 0 unspecified atom stereocenters. The number of anilines is 1. The number of hydrogen-bond donors (Lipinski definition) is 1. The summed E-state index contributed by atoms with van der Waals surface area (Å²) in [7, 11) is 0. The molecular weight excluding hydrogens is 297 g/mol. The predicted octanol–water partition coefficient (Wildman–Crippen LogP) is 4.29. The van der Waals surface area contributed by atoms with E-state index in [9.17, 15) is 0 Å². The zero-order valence-electron chi connectivity index (χ0n) is 10.2. The summed E-state index contributed by atoms with van der Waals surface area (Å²) in [5.41, 5.74) is 7.73. The Morgan fingerprint density at radius 2 is 1.75 bits per heavy atom. The summed E-state index contributed by atoms with van der Waals surface area (Å²) >= 11 is 12.0. The molecule has 0 aliphatic carbocycles. The highest BCUT2D eigenvalue weighted by Gasteiger charge is 2.13. The molecule has 0 amide bonds. The summed E-state index contributed by atoms with van der Waals surface area (Å²) < 4.78 is 5.24. The van der Waals surface area contributed by atoms with Crippen molar-refractivity contribution in [3.8, 4) is 22.8 Å². The molecule has 1 heterocycles. The molecule has 1 aromatic heterocycles. The Bertz CT molecular complexity index is 753. The lowest BCUT2D eigenvalue weighted by Crippen LogP contribution is -1.85. The fourth-order valence-electron chi connectivity index (χ4n) is 1.74. The molecule has 100 valence electrons. The summed E-state index contributed by atoms with van der Waals surface area (Å²) in [6.45, 7) is 0. The Balaban J connectivity index is 2.01. The normalized spacial score (nSPS) is 10.7. The quantitative estimate of drug-likeness (QED) is 0.717. The zero-order valence-corrected chi connectivity index (χ0v) is 11.7. The number of benzene rings is 2. The standard InChI is InChI=1S/C14H9Cl2N3O/c15-9-3-6-12(16)11(7-9)14-18-13(19-20-14)8-1-4-10(17)5-2-8/h1-7H,17H2. The van der Waals surface area contributed by atoms with E-state index >= 15 is 0 Å². The van der Waals surface area contributed by atoms with Crippen LogP contribution in [0.15, 0.2) is 47.0 Å². The lowest BCUT2D eigenvalue weighted by Gasteiger charge is -1.98. The lowest BCUT2D eigenvalue weighted by atomic mass is 10.2. The van der Waals surface area contributed by atoms with E-state index in [2.05, 4.69) is 10.1 Å². The van der Waals surface area contributed by atoms with E-state index in [1.165, 1.54) is 0 Å². The van der Waals surface area contributed by atoms with Crippen molar-refractivity contribution >= 4 is 28.9 Å². The Morgan fingerprint density at radius 1 is 1.00 bits per heavy atom. The van der Waals surface area contributed by atoms with Gasteiger partial charge in [-0.2, -0.15) is 4.98 Å². The minimum atomic E-state index is 0.323. The van der Waals surface area contributed by atoms with Gasteiger partial charge in [0.05, 0.1) is 10.6 Å². The van der Waals surface area contributed by atoms with Crippen LogP contribution >= 0.6 is 23.2 Å². The van der Waals surface area contributed by atoms with Gasteiger partial charge in [0.15, 0.2) is 0 Å². The second-order valence-electron chi connectivity index (χ2n) is 4.17. The first-order valence-electron chi connectivity index (χ1n) is 5.78. The molecule has 4 nitrogen and oxygen atoms in total. The largest absolute Gasteiger partial charge is 0.399 e. The van der Waals surface area contributed by atoms with Gasteiger partial charge in [0.2, 0.25) is 5.82 Å². The molecule has 3 rings (SSSR count). The highest BCUT2D eigenvalue weighted by molar-refractivity contribution is 6.35. The third-order valence-corrected chi connectivity index (χ3v) is 3.32. The van der Waals surface area contributed by atoms with E-state index in [1.54, 1.807) is 30.3 Å². The summed E-state index contributed by atoms with van der Waals surface area (Å²) in [5.74, 6) is 0.792. The van der Waals surface area contributed by atoms with Crippen molar-refractivity contribution in [2.24, 2.45) is 0 Å². The lowest BCUT2D eigenvalue weighted by molar-refractivity contribution is 0.432. The van der Waals surface area contributed by atoms with Gasteiger partial charge in [0.1, 0.15) is 0 Å². The summed E-state index contributed by atoms with van der Waals surface area (Å²) in [4.78, 5) is 4.32. The van der Waals surface area contributed by atoms with Crippen molar-refractivity contribution in [3.63, 3.8) is 0 Å². The van der Waals surface area contributed by atoms with E-state index < -0.39 is 0 Å². The van der Waals surface area contributed by atoms with Gasteiger partial charge < -0.3 is 10.3 Å². The topological polar surface area (TPSA) is 64.9 Å². The average molecular weight is 306 g/mol. The maximum Gasteiger partial charge on any atom is 0.259 e. The molecule has 3 aromatic rings. The second kappa shape index (κ2) is 5.15. The molecule has 0 saturated heterocycles. The maximum atomic E-state index is 6.10. The van der Waals surface area contributed by atoms with Crippen molar-refractivity contribution in [1.82, 2.24) is 10.1 Å². The van der Waals surface area contributed by atoms with Crippen molar-refractivity contribution < 1.29 is 4.52 Å². The molecule has 20 heavy (non-hydrogen) atoms. The van der Waals surface area contributed by atoms with Crippen molar-refractivity contribution in [2.45, 2.75) is 0 Å². The highest BCUT2D eigenvalue weighted by atomic mass is 35.5. The fourth-order valence-corrected chi connectivity index (χ4v) is 2.11. The number of nitrogen functional groups attached to an aromatic ring is 1. The van der Waals surface area contributed by atoms with Crippen LogP contribution in [-0.2, 0) is 0 Å². The third kappa shape index (κ3) is 2.48. The summed E-state index contributed by atoms with van der Waals surface area (Å²) in [6.07, 6.45) is 0. The van der Waals surface area contributed by atoms with Gasteiger partial charge in [-0.05, 0) is 42.5 Å². The van der Waals surface area contributed by atoms with Gasteiger partial charge in [0, 0.05) is 16.3 Å². The van der Waals surface area contributed by atoms with E-state index in [0.717, 1.165) is 5.56 Å². The van der Waals surface area contributed by atoms with E-state index in [4.69, 9.17) is 33.5 Å². The van der Waals surface area contributed by atoms with Crippen LogP contribution in [0.2, 0.25) is 10.0 Å². The van der Waals surface area contributed by atoms with Crippen LogP contribution in [-0.4, -0.2) is 10.1 Å². The van der Waals surface area contributed by atoms with Gasteiger partial charge in [-0.25, -0.2) is 0 Å². The van der Waals surface area contributed by atoms with Crippen molar-refractivity contribution in [3.05, 3.63) is 52.5 Å². The maximum absolute atomic E-state index is 6.10. The van der Waals surface area contributed by atoms with E-state index in [0.29, 0.717) is 33.0 Å². The van der Waals surface area contributed by atoms with E-state index in [1.807, 2.05) is 12.1 Å². The van der Waals surface area contributed by atoms with Gasteiger partial charge in [-0.3, -0.25) is 0 Å². The van der Waals surface area contributed by atoms with Gasteiger partial charge in [0.25, 0.3) is 5.89 Å². The van der Waals surface area contributed by atoms with Crippen LogP contribution < -0.4 is 5.73 Å². The molecule has 0 saturated carbocycles. The Morgan fingerprint density at radius 3 is 2.50 bits per heavy atom. The number of rotatable bonds is 2. The molecule has 0 aliphatic heterocycles. The van der Waals surface area contributed by atoms with Crippen LogP contribution in [0.5, 0.6) is 0 Å². The second-order valence-corrected chi connectivity index (χ2v) is 5.01. The summed E-state index contributed by atoms with van der Waals surface area (Å²) in [6, 6.07) is 12.3. The van der Waals surface area contributed by atoms with Crippen LogP contribution in [0.1, 0.15) is 0 Å². The third-order valence-electron chi connectivity index (χ3n) is 2.75. The minimum Gasteiger partial charge on any atom is -0.399 e. The number of hydrogen-bond acceptors (Lipinski definition) is 4. The molecule has 0 bridgehead atoms. The molecule has 6 heteroatoms. The molecule has 2 N–H and O–H groups in total. The highest BCUT2D eigenvalue weighted by Crippen LogP contribution is 2.30. The van der Waals surface area contributed by atoms with Gasteiger partial charge >= 0.3 is 0 Å². The van der Waals surface area contributed by atoms with E-state index in [-0.39, 0.29) is 0 Å². The molecule has 0 atom stereocenters. The predicted molar refractivity (Wildman–Crippen MR) is 79.6 cm³/mol. The monoisotopic (exact) mass is 305 g/mol. The van der Waals surface area contributed by atoms with Gasteiger partial charge in [-0.1, -0.05) is 28.4 Å². The fraction of sp³-hybridized carbons (Fsp3) is 0. The first-order chi connectivity index (χ1) is 9.63. The molecule has 0 spiro atoms. The number of aromatic nitrogens is 2. The molecular formula is C14H9Cl2N3O. The van der Waals surface area contributed by atoms with Gasteiger partial charge in [-0.15, -0.1) is 0 Å². The minimum absolute atomic E-state index is 0.323. The number of nitrogens with zero attached hydrogens (tertiary/aromatic N) is 2. The first-order valence-corrected chi connectivity index (χ1v) is 6.54. The molecule has 0 fully saturated rings. The first kappa shape index (κ1) is 13.0. The number of halogens is 2. The smallest absolute Gasteiger partial charge is 0.259 e. The zero-order chi connectivity index (χ0) is 14.1. The Kier molecular flexibility index (Phi) is 3.34. The van der Waals surface area contributed by atoms with Crippen molar-refractivity contribution in [1.29, 1.82) is 0 Å². The number of nitrogens with two attached hydrogens (primary N) is 1. The molecule has 2 aromatic carbocycles. The van der Waals surface area contributed by atoms with Crippen LogP contribution in [0.4, 0.5) is 5.69 Å². The van der Waals surface area contributed by atoms with Crippen LogP contribution in [0, 0.1) is 0 Å². The molecule has 0 radical (unpaired) electrons. The Labute approximate surface area is 125 Å². The average Bonchev–Trinajstić information content (AvgIpc) is 2.92. The van der Waals surface area contributed by atoms with Crippen LogP contribution in [0.25, 0.3) is 22.8 Å². The Hall–Kier alpha value is -2.04. The van der Waals surface area contributed by atoms with Crippen molar-refractivity contribution in [2.75, 3.05) is 5.73 Å². The summed E-state index contributed by atoms with van der Waals surface area (Å²) in [5, 5.41) is 4.99. The SMILES string of the molecule is Nc1ccc(-c2noc(-c3cc(Cl)ccc3Cl)n2)cc1.